The van der Waals surface area contributed by atoms with Crippen LogP contribution in [0, 0.1) is 5.92 Å². The van der Waals surface area contributed by atoms with Crippen LogP contribution in [0.5, 0.6) is 0 Å². The Hall–Kier alpha value is -1.23. The standard InChI is InChI=1S/C17H25BrN2O2/c1-12-5-6-13(7-15(12)18)8-19-9-14-10-20(11-14)16(21)22-17(2,3)4/h5,7-8,14,19H,6,9-11H2,1-4H3/b13-8+. The third kappa shape index (κ3) is 4.90. The van der Waals surface area contributed by atoms with Gasteiger partial charge in [0.05, 0.1) is 0 Å². The molecule has 5 heteroatoms. The van der Waals surface area contributed by atoms with Crippen LogP contribution in [-0.4, -0.2) is 36.2 Å². The molecule has 122 valence electrons. The maximum Gasteiger partial charge on any atom is 0.410 e. The smallest absolute Gasteiger partial charge is 0.410 e. The van der Waals surface area contributed by atoms with Crippen molar-refractivity contribution >= 4 is 22.0 Å². The second kappa shape index (κ2) is 6.90. The first-order chi connectivity index (χ1) is 10.2. The first-order valence-corrected chi connectivity index (χ1v) is 8.48. The van der Waals surface area contributed by atoms with Gasteiger partial charge in [-0.05, 0) is 51.3 Å². The normalized spacial score (nSPS) is 21.1. The molecule has 0 spiro atoms. The van der Waals surface area contributed by atoms with Crippen LogP contribution in [0.4, 0.5) is 4.79 Å². The molecule has 1 fully saturated rings. The van der Waals surface area contributed by atoms with Crippen molar-refractivity contribution in [2.24, 2.45) is 5.92 Å². The van der Waals surface area contributed by atoms with Gasteiger partial charge in [-0.2, -0.15) is 0 Å². The highest BCUT2D eigenvalue weighted by molar-refractivity contribution is 9.12. The highest BCUT2D eigenvalue weighted by Gasteiger charge is 2.33. The third-order valence-electron chi connectivity index (χ3n) is 3.64. The summed E-state index contributed by atoms with van der Waals surface area (Å²) in [6, 6.07) is 0. The molecule has 0 aromatic rings. The Kier molecular flexibility index (Phi) is 5.37. The summed E-state index contributed by atoms with van der Waals surface area (Å²) in [4.78, 5) is 13.6. The summed E-state index contributed by atoms with van der Waals surface area (Å²) in [7, 11) is 0. The number of halogens is 1. The van der Waals surface area contributed by atoms with E-state index in [9.17, 15) is 4.79 Å². The maximum atomic E-state index is 11.8. The van der Waals surface area contributed by atoms with E-state index in [2.05, 4.69) is 46.5 Å². The van der Waals surface area contributed by atoms with Crippen molar-refractivity contribution in [1.82, 2.24) is 10.2 Å². The summed E-state index contributed by atoms with van der Waals surface area (Å²) in [5, 5.41) is 3.36. The quantitative estimate of drug-likeness (QED) is 0.819. The van der Waals surface area contributed by atoms with E-state index in [4.69, 9.17) is 4.74 Å². The number of nitrogens with one attached hydrogen (secondary N) is 1. The molecule has 0 aromatic carbocycles. The summed E-state index contributed by atoms with van der Waals surface area (Å²) in [5.74, 6) is 0.498. The number of hydrogen-bond donors (Lipinski definition) is 1. The van der Waals surface area contributed by atoms with E-state index in [0.717, 1.165) is 30.5 Å². The second-order valence-corrected chi connectivity index (χ2v) is 7.82. The van der Waals surface area contributed by atoms with Gasteiger partial charge in [0.25, 0.3) is 0 Å². The van der Waals surface area contributed by atoms with Gasteiger partial charge in [-0.15, -0.1) is 0 Å². The molecule has 1 amide bonds. The lowest BCUT2D eigenvalue weighted by Gasteiger charge is -2.39. The average Bonchev–Trinajstić information content (AvgIpc) is 2.34. The fraction of sp³-hybridized carbons (Fsp3) is 0.588. The van der Waals surface area contributed by atoms with Crippen LogP contribution in [0.15, 0.2) is 34.0 Å². The molecule has 2 rings (SSSR count). The van der Waals surface area contributed by atoms with Crippen molar-refractivity contribution in [1.29, 1.82) is 0 Å². The third-order valence-corrected chi connectivity index (χ3v) is 4.49. The van der Waals surface area contributed by atoms with Crippen molar-refractivity contribution in [3.8, 4) is 0 Å². The van der Waals surface area contributed by atoms with Crippen LogP contribution in [0.3, 0.4) is 0 Å². The minimum absolute atomic E-state index is 0.207. The van der Waals surface area contributed by atoms with Gasteiger partial charge in [-0.25, -0.2) is 4.79 Å². The molecule has 0 saturated carbocycles. The van der Waals surface area contributed by atoms with E-state index < -0.39 is 5.60 Å². The Morgan fingerprint density at radius 2 is 2.18 bits per heavy atom. The van der Waals surface area contributed by atoms with Gasteiger partial charge in [0.1, 0.15) is 5.60 Å². The molecule has 0 atom stereocenters. The summed E-state index contributed by atoms with van der Waals surface area (Å²) in [6.45, 7) is 10.2. The van der Waals surface area contributed by atoms with Crippen LogP contribution in [-0.2, 0) is 4.74 Å². The Labute approximate surface area is 141 Å². The zero-order chi connectivity index (χ0) is 16.3. The zero-order valence-electron chi connectivity index (χ0n) is 13.8. The number of carbonyl (C=O) groups is 1. The van der Waals surface area contributed by atoms with E-state index >= 15 is 0 Å². The average molecular weight is 369 g/mol. The van der Waals surface area contributed by atoms with E-state index in [-0.39, 0.29) is 6.09 Å². The monoisotopic (exact) mass is 368 g/mol. The molecule has 1 saturated heterocycles. The Balaban J connectivity index is 1.68. The maximum absolute atomic E-state index is 11.8. The Morgan fingerprint density at radius 1 is 1.50 bits per heavy atom. The van der Waals surface area contributed by atoms with Gasteiger partial charge in [0, 0.05) is 36.2 Å². The first kappa shape index (κ1) is 17.1. The fourth-order valence-electron chi connectivity index (χ4n) is 2.34. The molecule has 22 heavy (non-hydrogen) atoms. The van der Waals surface area contributed by atoms with E-state index in [1.165, 1.54) is 11.1 Å². The van der Waals surface area contributed by atoms with Gasteiger partial charge < -0.3 is 15.0 Å². The molecular formula is C17H25BrN2O2. The van der Waals surface area contributed by atoms with Gasteiger partial charge in [0.15, 0.2) is 0 Å². The predicted octanol–water partition coefficient (Wildman–Crippen LogP) is 3.96. The topological polar surface area (TPSA) is 41.6 Å². The number of hydrogen-bond acceptors (Lipinski definition) is 3. The number of carbonyl (C=O) groups excluding carboxylic acids is 1. The van der Waals surface area contributed by atoms with E-state index in [0.29, 0.717) is 5.92 Å². The minimum Gasteiger partial charge on any atom is -0.444 e. The lowest BCUT2D eigenvalue weighted by molar-refractivity contribution is -0.000369. The highest BCUT2D eigenvalue weighted by Crippen LogP contribution is 2.26. The van der Waals surface area contributed by atoms with Crippen LogP contribution in [0.2, 0.25) is 0 Å². The van der Waals surface area contributed by atoms with E-state index in [1.807, 2.05) is 20.8 Å². The SMILES string of the molecule is CC1=CC/C(=C\NCC2CN(C(=O)OC(C)(C)C)C2)C=C1Br. The molecule has 0 unspecified atom stereocenters. The van der Waals surface area contributed by atoms with Crippen LogP contribution in [0.25, 0.3) is 0 Å². The largest absolute Gasteiger partial charge is 0.444 e. The van der Waals surface area contributed by atoms with Crippen molar-refractivity contribution in [2.45, 2.75) is 39.7 Å². The molecule has 1 N–H and O–H groups in total. The highest BCUT2D eigenvalue weighted by atomic mass is 79.9. The predicted molar refractivity (Wildman–Crippen MR) is 92.8 cm³/mol. The molecule has 0 aromatic heterocycles. The summed E-state index contributed by atoms with van der Waals surface area (Å²) >= 11 is 3.55. The molecule has 1 heterocycles. The number of rotatable bonds is 3. The number of ether oxygens (including phenoxy) is 1. The number of allylic oxidation sites excluding steroid dienone is 5. The second-order valence-electron chi connectivity index (χ2n) is 6.96. The molecule has 1 aliphatic heterocycles. The lowest BCUT2D eigenvalue weighted by Crippen LogP contribution is -2.54. The van der Waals surface area contributed by atoms with Crippen molar-refractivity contribution in [2.75, 3.05) is 19.6 Å². The Morgan fingerprint density at radius 3 is 2.77 bits per heavy atom. The number of nitrogens with zero attached hydrogens (tertiary/aromatic N) is 1. The number of amides is 1. The van der Waals surface area contributed by atoms with Crippen molar-refractivity contribution in [3.63, 3.8) is 0 Å². The minimum atomic E-state index is -0.419. The van der Waals surface area contributed by atoms with Gasteiger partial charge in [-0.1, -0.05) is 22.0 Å². The van der Waals surface area contributed by atoms with Gasteiger partial charge in [0.2, 0.25) is 0 Å². The molecule has 4 nitrogen and oxygen atoms in total. The summed E-state index contributed by atoms with van der Waals surface area (Å²) in [5.41, 5.74) is 2.13. The lowest BCUT2D eigenvalue weighted by atomic mass is 10.0. The Bertz CT molecular complexity index is 523. The van der Waals surface area contributed by atoms with Gasteiger partial charge >= 0.3 is 6.09 Å². The summed E-state index contributed by atoms with van der Waals surface area (Å²) in [6.07, 6.45) is 7.19. The van der Waals surface area contributed by atoms with Crippen molar-refractivity contribution < 1.29 is 9.53 Å². The first-order valence-electron chi connectivity index (χ1n) is 7.69. The molecular weight excluding hydrogens is 344 g/mol. The van der Waals surface area contributed by atoms with E-state index in [1.54, 1.807) is 4.90 Å². The van der Waals surface area contributed by atoms with Crippen LogP contribution < -0.4 is 5.32 Å². The van der Waals surface area contributed by atoms with Crippen molar-refractivity contribution in [3.05, 3.63) is 34.0 Å². The molecule has 2 aliphatic rings. The number of likely N-dealkylation sites (tertiary alicyclic amines) is 1. The molecule has 0 radical (unpaired) electrons. The fourth-order valence-corrected chi connectivity index (χ4v) is 2.79. The van der Waals surface area contributed by atoms with Gasteiger partial charge in [-0.3, -0.25) is 0 Å². The van der Waals surface area contributed by atoms with Crippen LogP contribution >= 0.6 is 15.9 Å². The summed E-state index contributed by atoms with van der Waals surface area (Å²) < 4.78 is 6.49. The zero-order valence-corrected chi connectivity index (χ0v) is 15.4. The molecule has 1 aliphatic carbocycles. The van der Waals surface area contributed by atoms with Crippen LogP contribution in [0.1, 0.15) is 34.1 Å². The molecule has 0 bridgehead atoms.